The molecule has 0 bridgehead atoms. The second-order valence-electron chi connectivity index (χ2n) is 8.15. The first-order valence-electron chi connectivity index (χ1n) is 11.4. The number of nitrogens with one attached hydrogen (secondary N) is 3. The molecular formula is C23H37N5O3. The number of carbonyl (C=O) groups excluding carboxylic acids is 1. The summed E-state index contributed by atoms with van der Waals surface area (Å²) in [5.74, 6) is 1.50. The van der Waals surface area contributed by atoms with Gasteiger partial charge in [-0.25, -0.2) is 0 Å². The second kappa shape index (κ2) is 12.5. The van der Waals surface area contributed by atoms with Crippen molar-refractivity contribution in [2.24, 2.45) is 4.99 Å². The standard InChI is InChI=1S/C23H37N5O3/c1-24-23(26-17-22(29)27-19-6-4-3-5-7-19)25-16-21(28-12-14-31-15-13-28)18-8-10-20(30-2)11-9-18/h8-11,19,21H,3-7,12-17H2,1-2H3,(H,27,29)(H2,24,25,26). The third-order valence-corrected chi connectivity index (χ3v) is 6.06. The van der Waals surface area contributed by atoms with Crippen LogP contribution in [0.2, 0.25) is 0 Å². The van der Waals surface area contributed by atoms with Gasteiger partial charge in [-0.05, 0) is 30.5 Å². The molecule has 8 nitrogen and oxygen atoms in total. The number of benzene rings is 1. The molecule has 172 valence electrons. The number of nitrogens with zero attached hydrogens (tertiary/aromatic N) is 2. The van der Waals surface area contributed by atoms with E-state index in [1.54, 1.807) is 14.2 Å². The Morgan fingerprint density at radius 2 is 1.87 bits per heavy atom. The summed E-state index contributed by atoms with van der Waals surface area (Å²) in [6, 6.07) is 8.68. The number of aliphatic imine (C=N–C) groups is 1. The molecule has 3 N–H and O–H groups in total. The van der Waals surface area contributed by atoms with Gasteiger partial charge in [0.2, 0.25) is 5.91 Å². The van der Waals surface area contributed by atoms with Gasteiger partial charge in [0.25, 0.3) is 0 Å². The predicted molar refractivity (Wildman–Crippen MR) is 123 cm³/mol. The van der Waals surface area contributed by atoms with Gasteiger partial charge < -0.3 is 25.4 Å². The summed E-state index contributed by atoms with van der Waals surface area (Å²) >= 11 is 0. The lowest BCUT2D eigenvalue weighted by Gasteiger charge is -2.35. The molecule has 3 rings (SSSR count). The molecule has 1 aliphatic carbocycles. The van der Waals surface area contributed by atoms with Crippen LogP contribution in [0.4, 0.5) is 0 Å². The van der Waals surface area contributed by atoms with Gasteiger partial charge in [-0.1, -0.05) is 31.4 Å². The third kappa shape index (κ3) is 7.40. The molecule has 1 saturated carbocycles. The minimum atomic E-state index is 0.0229. The molecule has 2 fully saturated rings. The van der Waals surface area contributed by atoms with E-state index < -0.39 is 0 Å². The summed E-state index contributed by atoms with van der Waals surface area (Å²) in [6.07, 6.45) is 5.86. The molecule has 1 aromatic carbocycles. The van der Waals surface area contributed by atoms with Crippen LogP contribution in [0.3, 0.4) is 0 Å². The highest BCUT2D eigenvalue weighted by atomic mass is 16.5. The lowest BCUT2D eigenvalue weighted by molar-refractivity contribution is -0.120. The molecule has 1 heterocycles. The minimum absolute atomic E-state index is 0.0229. The van der Waals surface area contributed by atoms with E-state index in [1.165, 1.54) is 24.8 Å². The number of hydrogen-bond acceptors (Lipinski definition) is 5. The molecule has 1 unspecified atom stereocenters. The van der Waals surface area contributed by atoms with E-state index in [0.717, 1.165) is 44.9 Å². The summed E-state index contributed by atoms with van der Waals surface area (Å²) in [4.78, 5) is 19.0. The van der Waals surface area contributed by atoms with Crippen molar-refractivity contribution in [3.05, 3.63) is 29.8 Å². The zero-order chi connectivity index (χ0) is 21.9. The Labute approximate surface area is 185 Å². The predicted octanol–water partition coefficient (Wildman–Crippen LogP) is 1.68. The van der Waals surface area contributed by atoms with Gasteiger partial charge in [0.1, 0.15) is 5.75 Å². The fourth-order valence-electron chi connectivity index (χ4n) is 4.28. The van der Waals surface area contributed by atoms with E-state index in [1.807, 2.05) is 12.1 Å². The summed E-state index contributed by atoms with van der Waals surface area (Å²) in [7, 11) is 3.40. The number of morpholine rings is 1. The number of hydrogen-bond donors (Lipinski definition) is 3. The van der Waals surface area contributed by atoms with Crippen molar-refractivity contribution >= 4 is 11.9 Å². The van der Waals surface area contributed by atoms with Crippen LogP contribution in [-0.4, -0.2) is 76.4 Å². The molecule has 1 atom stereocenters. The van der Waals surface area contributed by atoms with Crippen LogP contribution >= 0.6 is 0 Å². The fourth-order valence-corrected chi connectivity index (χ4v) is 4.28. The first kappa shape index (κ1) is 23.3. The summed E-state index contributed by atoms with van der Waals surface area (Å²) in [5, 5.41) is 9.68. The molecule has 1 saturated heterocycles. The van der Waals surface area contributed by atoms with Crippen molar-refractivity contribution in [3.63, 3.8) is 0 Å². The number of amides is 1. The highest BCUT2D eigenvalue weighted by Crippen LogP contribution is 2.23. The summed E-state index contributed by atoms with van der Waals surface area (Å²) in [6.45, 7) is 4.14. The van der Waals surface area contributed by atoms with E-state index in [4.69, 9.17) is 9.47 Å². The molecule has 1 aliphatic heterocycles. The number of rotatable bonds is 8. The van der Waals surface area contributed by atoms with Gasteiger partial charge in [0.15, 0.2) is 5.96 Å². The van der Waals surface area contributed by atoms with Gasteiger partial charge >= 0.3 is 0 Å². The third-order valence-electron chi connectivity index (χ3n) is 6.06. The highest BCUT2D eigenvalue weighted by Gasteiger charge is 2.23. The van der Waals surface area contributed by atoms with Gasteiger partial charge in [-0.3, -0.25) is 14.7 Å². The van der Waals surface area contributed by atoms with Crippen molar-refractivity contribution in [1.29, 1.82) is 0 Å². The van der Waals surface area contributed by atoms with E-state index in [-0.39, 0.29) is 18.5 Å². The maximum absolute atomic E-state index is 12.3. The molecule has 0 aromatic heterocycles. The molecule has 1 aromatic rings. The molecule has 0 spiro atoms. The van der Waals surface area contributed by atoms with Gasteiger partial charge in [-0.15, -0.1) is 0 Å². The Morgan fingerprint density at radius 1 is 1.16 bits per heavy atom. The van der Waals surface area contributed by atoms with Crippen LogP contribution in [-0.2, 0) is 9.53 Å². The lowest BCUT2D eigenvalue weighted by atomic mass is 9.95. The normalized spacial score (nSPS) is 19.5. The van der Waals surface area contributed by atoms with E-state index in [2.05, 4.69) is 38.0 Å². The molecule has 31 heavy (non-hydrogen) atoms. The van der Waals surface area contributed by atoms with Crippen LogP contribution in [0, 0.1) is 0 Å². The lowest BCUT2D eigenvalue weighted by Crippen LogP contribution is -2.48. The van der Waals surface area contributed by atoms with Crippen molar-refractivity contribution in [2.75, 3.05) is 53.6 Å². The highest BCUT2D eigenvalue weighted by molar-refractivity contribution is 5.86. The molecule has 1 amide bonds. The van der Waals surface area contributed by atoms with Crippen molar-refractivity contribution in [2.45, 2.75) is 44.2 Å². The first-order chi connectivity index (χ1) is 15.2. The smallest absolute Gasteiger partial charge is 0.239 e. The number of guanidine groups is 1. The van der Waals surface area contributed by atoms with Crippen LogP contribution in [0.15, 0.2) is 29.3 Å². The maximum Gasteiger partial charge on any atom is 0.239 e. The fraction of sp³-hybridized carbons (Fsp3) is 0.652. The average Bonchev–Trinajstić information content (AvgIpc) is 2.83. The number of ether oxygens (including phenoxy) is 2. The van der Waals surface area contributed by atoms with Crippen LogP contribution in [0.5, 0.6) is 5.75 Å². The second-order valence-corrected chi connectivity index (χ2v) is 8.15. The average molecular weight is 432 g/mol. The van der Waals surface area contributed by atoms with E-state index in [9.17, 15) is 4.79 Å². The molecule has 8 heteroatoms. The van der Waals surface area contributed by atoms with Gasteiger partial charge in [0, 0.05) is 32.7 Å². The first-order valence-corrected chi connectivity index (χ1v) is 11.4. The quantitative estimate of drug-likeness (QED) is 0.429. The zero-order valence-electron chi connectivity index (χ0n) is 18.9. The summed E-state index contributed by atoms with van der Waals surface area (Å²) in [5.41, 5.74) is 1.21. The summed E-state index contributed by atoms with van der Waals surface area (Å²) < 4.78 is 10.8. The van der Waals surface area contributed by atoms with Gasteiger partial charge in [0.05, 0.1) is 32.9 Å². The molecular weight excluding hydrogens is 394 g/mol. The Kier molecular flexibility index (Phi) is 9.42. The van der Waals surface area contributed by atoms with Crippen LogP contribution < -0.4 is 20.7 Å². The Bertz CT molecular complexity index is 698. The van der Waals surface area contributed by atoms with Crippen molar-refractivity contribution < 1.29 is 14.3 Å². The van der Waals surface area contributed by atoms with Crippen molar-refractivity contribution in [3.8, 4) is 5.75 Å². The molecule has 2 aliphatic rings. The minimum Gasteiger partial charge on any atom is -0.497 e. The van der Waals surface area contributed by atoms with E-state index >= 15 is 0 Å². The van der Waals surface area contributed by atoms with Crippen LogP contribution in [0.25, 0.3) is 0 Å². The molecule has 0 radical (unpaired) electrons. The van der Waals surface area contributed by atoms with E-state index in [0.29, 0.717) is 18.5 Å². The Balaban J connectivity index is 1.53. The Morgan fingerprint density at radius 3 is 2.52 bits per heavy atom. The number of methoxy groups -OCH3 is 1. The number of carbonyl (C=O) groups is 1. The van der Waals surface area contributed by atoms with Crippen molar-refractivity contribution in [1.82, 2.24) is 20.9 Å². The topological polar surface area (TPSA) is 87.2 Å². The Hall–Kier alpha value is -2.32. The maximum atomic E-state index is 12.3. The van der Waals surface area contributed by atoms with Gasteiger partial charge in [-0.2, -0.15) is 0 Å². The monoisotopic (exact) mass is 431 g/mol. The zero-order valence-corrected chi connectivity index (χ0v) is 18.9. The SMILES string of the molecule is CN=C(NCC(=O)NC1CCCCC1)NCC(c1ccc(OC)cc1)N1CCOCC1. The largest absolute Gasteiger partial charge is 0.497 e. The van der Waals surface area contributed by atoms with Crippen LogP contribution in [0.1, 0.15) is 43.7 Å².